The number of aliphatic hydroxyl groups is 4. The van der Waals surface area contributed by atoms with Gasteiger partial charge in [0.05, 0.1) is 44.4 Å². The maximum Gasteiger partial charge on any atom is 0.410 e. The van der Waals surface area contributed by atoms with Gasteiger partial charge < -0.3 is 44.4 Å². The number of rotatable bonds is 7. The van der Waals surface area contributed by atoms with Crippen molar-refractivity contribution in [3.05, 3.63) is 36.0 Å². The second kappa shape index (κ2) is 19.2. The van der Waals surface area contributed by atoms with Crippen LogP contribution in [-0.4, -0.2) is 141 Å². The van der Waals surface area contributed by atoms with Gasteiger partial charge in [0.2, 0.25) is 0 Å². The van der Waals surface area contributed by atoms with Crippen LogP contribution in [0, 0.1) is 11.8 Å². The molecule has 0 aromatic heterocycles. The van der Waals surface area contributed by atoms with Crippen LogP contribution in [0.25, 0.3) is 0 Å². The molecule has 0 aromatic carbocycles. The molecule has 4 N–H and O–H groups in total. The minimum absolute atomic E-state index is 0.0221. The molecule has 8 atom stereocenters. The van der Waals surface area contributed by atoms with Gasteiger partial charge in [-0.05, 0) is 51.2 Å². The number of carbonyl (C=O) groups is 3. The van der Waals surface area contributed by atoms with E-state index in [1.807, 2.05) is 26.8 Å². The van der Waals surface area contributed by atoms with E-state index in [1.165, 1.54) is 43.4 Å². The first-order chi connectivity index (χ1) is 24.2. The summed E-state index contributed by atoms with van der Waals surface area (Å²) in [4.78, 5) is 44.1. The molecule has 4 aliphatic rings. The van der Waals surface area contributed by atoms with Gasteiger partial charge >= 0.3 is 18.2 Å². The molecule has 1 unspecified atom stereocenters. The molecule has 1 saturated carbocycles. The molecule has 3 fully saturated rings. The van der Waals surface area contributed by atoms with Crippen LogP contribution < -0.4 is 0 Å². The van der Waals surface area contributed by atoms with Crippen molar-refractivity contribution in [1.82, 2.24) is 14.7 Å². The Bertz CT molecular complexity index is 1230. The van der Waals surface area contributed by atoms with Crippen molar-refractivity contribution in [2.24, 2.45) is 11.8 Å². The lowest BCUT2D eigenvalue weighted by atomic mass is 9.89. The Morgan fingerprint density at radius 2 is 1.63 bits per heavy atom. The van der Waals surface area contributed by atoms with Crippen LogP contribution in [0.4, 0.5) is 9.59 Å². The van der Waals surface area contributed by atoms with Crippen molar-refractivity contribution in [3.8, 4) is 0 Å². The maximum atomic E-state index is 13.4. The standard InChI is InChI=1S/C38H61N3O10/c1-26(25-49-36(46)41-23-31(43)32(44)24-41)10-9-11-27(2)35-28(3)14-15-33(38(4,48)17-16-30(42)22-34(45)51-35)50-37(47)40-20-18-39(19-21-40)29-12-7-5-6-8-13-29/h9-11,14-15,26,28-33,35,42-44,48H,5-8,12-13,16-25H2,1-4H3/b10-9+,15-14+,27-11+/t26?,28-,30-,31-,32+,33-,35+,38-/m0/s1. The highest BCUT2D eigenvalue weighted by Gasteiger charge is 2.37. The Morgan fingerprint density at radius 3 is 2.27 bits per heavy atom. The average Bonchev–Trinajstić information content (AvgIpc) is 3.25. The number of esters is 1. The molecule has 3 heterocycles. The van der Waals surface area contributed by atoms with Crippen LogP contribution in [0.3, 0.4) is 0 Å². The molecule has 288 valence electrons. The van der Waals surface area contributed by atoms with Crippen LogP contribution in [0.2, 0.25) is 0 Å². The zero-order valence-corrected chi connectivity index (χ0v) is 30.9. The quantitative estimate of drug-likeness (QED) is 0.0999. The fraction of sp³-hybridized carbons (Fsp3) is 0.763. The number of piperazine rings is 1. The number of β-amino-alcohol motifs (C(OH)–C–C–N with tert-alkyl or cyclic N) is 2. The molecule has 13 heteroatoms. The lowest BCUT2D eigenvalue weighted by molar-refractivity contribution is -0.151. The van der Waals surface area contributed by atoms with E-state index in [0.717, 1.165) is 18.7 Å². The van der Waals surface area contributed by atoms with Crippen LogP contribution >= 0.6 is 0 Å². The first kappa shape index (κ1) is 40.8. The van der Waals surface area contributed by atoms with E-state index in [-0.39, 0.29) is 50.8 Å². The normalized spacial score (nSPS) is 33.9. The maximum absolute atomic E-state index is 13.4. The third-order valence-electron chi connectivity index (χ3n) is 10.7. The van der Waals surface area contributed by atoms with Crippen molar-refractivity contribution < 1.29 is 49.0 Å². The number of aliphatic hydroxyl groups excluding tert-OH is 3. The Labute approximate surface area is 302 Å². The highest BCUT2D eigenvalue weighted by molar-refractivity contribution is 5.70. The second-order valence-electron chi connectivity index (χ2n) is 15.3. The molecule has 51 heavy (non-hydrogen) atoms. The molecule has 3 aliphatic heterocycles. The van der Waals surface area contributed by atoms with Crippen molar-refractivity contribution in [2.75, 3.05) is 45.9 Å². The van der Waals surface area contributed by atoms with E-state index >= 15 is 0 Å². The van der Waals surface area contributed by atoms with E-state index < -0.39 is 54.3 Å². The van der Waals surface area contributed by atoms with E-state index in [4.69, 9.17) is 14.2 Å². The molecule has 0 spiro atoms. The van der Waals surface area contributed by atoms with E-state index in [1.54, 1.807) is 36.1 Å². The van der Waals surface area contributed by atoms with Gasteiger partial charge in [-0.15, -0.1) is 0 Å². The molecular formula is C38H61N3O10. The molecular weight excluding hydrogens is 658 g/mol. The Kier molecular flexibility index (Phi) is 15.4. The predicted molar refractivity (Wildman–Crippen MR) is 191 cm³/mol. The highest BCUT2D eigenvalue weighted by Crippen LogP contribution is 2.28. The fourth-order valence-electron chi connectivity index (χ4n) is 7.29. The van der Waals surface area contributed by atoms with Crippen molar-refractivity contribution in [2.45, 2.75) is 128 Å². The molecule has 0 bridgehead atoms. The first-order valence-corrected chi connectivity index (χ1v) is 18.8. The number of cyclic esters (lactones) is 1. The Balaban J connectivity index is 1.39. The topological polar surface area (TPSA) is 170 Å². The molecule has 2 amide bonds. The van der Waals surface area contributed by atoms with Gasteiger partial charge in [-0.1, -0.05) is 63.8 Å². The van der Waals surface area contributed by atoms with Gasteiger partial charge in [0.15, 0.2) is 6.10 Å². The lowest BCUT2D eigenvalue weighted by Gasteiger charge is -2.40. The fourth-order valence-corrected chi connectivity index (χ4v) is 7.29. The number of ether oxygens (including phenoxy) is 3. The monoisotopic (exact) mass is 719 g/mol. The summed E-state index contributed by atoms with van der Waals surface area (Å²) in [5.41, 5.74) is -0.769. The lowest BCUT2D eigenvalue weighted by Crippen LogP contribution is -2.53. The summed E-state index contributed by atoms with van der Waals surface area (Å²) in [7, 11) is 0. The van der Waals surface area contributed by atoms with Gasteiger partial charge in [-0.25, -0.2) is 9.59 Å². The summed E-state index contributed by atoms with van der Waals surface area (Å²) in [6, 6.07) is 0.574. The van der Waals surface area contributed by atoms with Crippen LogP contribution in [0.15, 0.2) is 36.0 Å². The molecule has 0 radical (unpaired) electrons. The SMILES string of the molecule is C/C(=C\C=C\C(C)COC(=O)N1C[C@@H](O)[C@@H](O)C1)[C@H]1OC(=O)C[C@@H](O)CC[C@](C)(O)[C@@H](OC(=O)N2CCN(C3CCCCCC3)CC2)/C=C/[C@@H]1C. The van der Waals surface area contributed by atoms with E-state index in [9.17, 15) is 34.8 Å². The van der Waals surface area contributed by atoms with Gasteiger partial charge in [-0.3, -0.25) is 9.69 Å². The van der Waals surface area contributed by atoms with Crippen LogP contribution in [-0.2, 0) is 19.0 Å². The summed E-state index contributed by atoms with van der Waals surface area (Å²) in [5, 5.41) is 41.5. The second-order valence-corrected chi connectivity index (χ2v) is 15.3. The summed E-state index contributed by atoms with van der Waals surface area (Å²) in [6.45, 7) is 10.0. The zero-order chi connectivity index (χ0) is 37.1. The molecule has 2 saturated heterocycles. The first-order valence-electron chi connectivity index (χ1n) is 18.8. The minimum Gasteiger partial charge on any atom is -0.457 e. The molecule has 13 nitrogen and oxygen atoms in total. The van der Waals surface area contributed by atoms with Crippen LogP contribution in [0.1, 0.15) is 85.5 Å². The zero-order valence-electron chi connectivity index (χ0n) is 30.9. The van der Waals surface area contributed by atoms with Gasteiger partial charge in [-0.2, -0.15) is 0 Å². The minimum atomic E-state index is -1.49. The van der Waals surface area contributed by atoms with E-state index in [0.29, 0.717) is 19.1 Å². The number of carbonyl (C=O) groups excluding carboxylic acids is 3. The molecule has 0 aromatic rings. The third kappa shape index (κ3) is 12.3. The van der Waals surface area contributed by atoms with Gasteiger partial charge in [0, 0.05) is 44.1 Å². The Hall–Kier alpha value is -2.97. The Morgan fingerprint density at radius 1 is 0.980 bits per heavy atom. The smallest absolute Gasteiger partial charge is 0.410 e. The number of likely N-dealkylation sites (tertiary alicyclic amines) is 1. The number of hydrogen-bond donors (Lipinski definition) is 4. The molecule has 4 rings (SSSR count). The van der Waals surface area contributed by atoms with Crippen molar-refractivity contribution >= 4 is 18.2 Å². The predicted octanol–water partition coefficient (Wildman–Crippen LogP) is 3.54. The highest BCUT2D eigenvalue weighted by atomic mass is 16.6. The largest absolute Gasteiger partial charge is 0.457 e. The van der Waals surface area contributed by atoms with Crippen molar-refractivity contribution in [1.29, 1.82) is 0 Å². The van der Waals surface area contributed by atoms with Gasteiger partial charge in [0.25, 0.3) is 0 Å². The summed E-state index contributed by atoms with van der Waals surface area (Å²) in [6.07, 6.45) is 10.6. The molecule has 1 aliphatic carbocycles. The summed E-state index contributed by atoms with van der Waals surface area (Å²) < 4.78 is 17.2. The van der Waals surface area contributed by atoms with Crippen LogP contribution in [0.5, 0.6) is 0 Å². The summed E-state index contributed by atoms with van der Waals surface area (Å²) in [5.74, 6) is -1.09. The average molecular weight is 720 g/mol. The van der Waals surface area contributed by atoms with Crippen molar-refractivity contribution in [3.63, 3.8) is 0 Å². The van der Waals surface area contributed by atoms with E-state index in [2.05, 4.69) is 4.90 Å². The third-order valence-corrected chi connectivity index (χ3v) is 10.7. The number of allylic oxidation sites excluding steroid dienone is 2. The number of nitrogens with zero attached hydrogens (tertiary/aromatic N) is 3. The summed E-state index contributed by atoms with van der Waals surface area (Å²) >= 11 is 0. The van der Waals surface area contributed by atoms with Gasteiger partial charge in [0.1, 0.15) is 11.7 Å². The number of hydrogen-bond acceptors (Lipinski definition) is 11. The number of amides is 2.